The minimum Gasteiger partial charge on any atom is -0.341 e. The molecule has 0 aromatic heterocycles. The number of likely N-dealkylation sites (tertiary alicyclic amines) is 1. The molecule has 0 radical (unpaired) electrons. The van der Waals surface area contributed by atoms with Gasteiger partial charge in [0.05, 0.1) is 0 Å². The molecule has 92 valence electrons. The van der Waals surface area contributed by atoms with Crippen molar-refractivity contribution < 1.29 is 4.79 Å². The molecule has 1 aromatic carbocycles. The second-order valence-corrected chi connectivity index (χ2v) is 5.07. The summed E-state index contributed by atoms with van der Waals surface area (Å²) < 4.78 is 0. The summed E-state index contributed by atoms with van der Waals surface area (Å²) in [4.78, 5) is 13.6. The van der Waals surface area contributed by atoms with E-state index in [1.165, 1.54) is 5.56 Å². The molecule has 1 amide bonds. The highest BCUT2D eigenvalue weighted by Gasteiger charge is 2.27. The molecule has 1 aliphatic rings. The van der Waals surface area contributed by atoms with Crippen molar-refractivity contribution in [3.63, 3.8) is 0 Å². The van der Waals surface area contributed by atoms with Crippen LogP contribution in [0.15, 0.2) is 24.3 Å². The van der Waals surface area contributed by atoms with Gasteiger partial charge in [-0.25, -0.2) is 0 Å². The Bertz CT molecular complexity index is 416. The van der Waals surface area contributed by atoms with Gasteiger partial charge in [0.2, 0.25) is 5.91 Å². The number of carbonyl (C=O) groups is 1. The highest BCUT2D eigenvalue weighted by atomic mass is 16.2. The third-order valence-electron chi connectivity index (χ3n) is 3.41. The van der Waals surface area contributed by atoms with Crippen LogP contribution in [0.1, 0.15) is 30.5 Å². The van der Waals surface area contributed by atoms with E-state index in [9.17, 15) is 4.79 Å². The molecular formula is C14H20N2O. The third kappa shape index (κ3) is 2.67. The van der Waals surface area contributed by atoms with Crippen LogP contribution >= 0.6 is 0 Å². The van der Waals surface area contributed by atoms with Crippen molar-refractivity contribution in [2.24, 2.45) is 11.7 Å². The lowest BCUT2D eigenvalue weighted by Gasteiger charge is -2.22. The van der Waals surface area contributed by atoms with E-state index in [0.29, 0.717) is 18.9 Å². The molecule has 1 heterocycles. The van der Waals surface area contributed by atoms with Gasteiger partial charge in [-0.15, -0.1) is 0 Å². The van der Waals surface area contributed by atoms with Crippen molar-refractivity contribution in [2.75, 3.05) is 13.1 Å². The van der Waals surface area contributed by atoms with Crippen molar-refractivity contribution in [2.45, 2.75) is 26.3 Å². The van der Waals surface area contributed by atoms with Crippen LogP contribution in [0.25, 0.3) is 0 Å². The molecule has 2 N–H and O–H groups in total. The molecule has 1 fully saturated rings. The van der Waals surface area contributed by atoms with Gasteiger partial charge in [0.25, 0.3) is 0 Å². The zero-order valence-corrected chi connectivity index (χ0v) is 10.5. The smallest absolute Gasteiger partial charge is 0.222 e. The van der Waals surface area contributed by atoms with Crippen LogP contribution < -0.4 is 5.73 Å². The maximum atomic E-state index is 11.7. The Morgan fingerprint density at radius 1 is 1.47 bits per heavy atom. The van der Waals surface area contributed by atoms with Crippen LogP contribution in [-0.2, 0) is 4.79 Å². The van der Waals surface area contributed by atoms with E-state index >= 15 is 0 Å². The second kappa shape index (κ2) is 4.88. The van der Waals surface area contributed by atoms with Gasteiger partial charge >= 0.3 is 0 Å². The van der Waals surface area contributed by atoms with Gasteiger partial charge in [0.1, 0.15) is 0 Å². The normalized spacial score (nSPS) is 21.9. The quantitative estimate of drug-likeness (QED) is 0.864. The van der Waals surface area contributed by atoms with E-state index in [4.69, 9.17) is 5.73 Å². The van der Waals surface area contributed by atoms with Crippen LogP contribution in [0.4, 0.5) is 0 Å². The number of nitrogens with two attached hydrogens (primary N) is 1. The Hall–Kier alpha value is -1.35. The van der Waals surface area contributed by atoms with Crippen LogP contribution in [0.2, 0.25) is 0 Å². The standard InChI is InChI=1S/C14H20N2O/c1-10-7-14(17)16(8-10)9-13(15)12-6-4-3-5-11(12)2/h3-6,10,13H,7-9,15H2,1-2H3. The molecule has 0 aliphatic carbocycles. The highest BCUT2D eigenvalue weighted by Crippen LogP contribution is 2.21. The van der Waals surface area contributed by atoms with E-state index in [1.54, 1.807) is 0 Å². The summed E-state index contributed by atoms with van der Waals surface area (Å²) in [5.41, 5.74) is 8.52. The minimum atomic E-state index is -0.0783. The molecule has 2 atom stereocenters. The van der Waals surface area contributed by atoms with Gasteiger partial charge in [-0.2, -0.15) is 0 Å². The summed E-state index contributed by atoms with van der Waals surface area (Å²) in [6.07, 6.45) is 0.667. The number of hydrogen-bond donors (Lipinski definition) is 1. The summed E-state index contributed by atoms with van der Waals surface area (Å²) in [7, 11) is 0. The van der Waals surface area contributed by atoms with Gasteiger partial charge in [0, 0.05) is 25.6 Å². The maximum Gasteiger partial charge on any atom is 0.222 e. The Kier molecular flexibility index (Phi) is 3.48. The van der Waals surface area contributed by atoms with E-state index in [-0.39, 0.29) is 11.9 Å². The number of hydrogen-bond acceptors (Lipinski definition) is 2. The van der Waals surface area contributed by atoms with Crippen LogP contribution in [-0.4, -0.2) is 23.9 Å². The largest absolute Gasteiger partial charge is 0.341 e. The summed E-state index contributed by atoms with van der Waals surface area (Å²) in [5, 5.41) is 0. The monoisotopic (exact) mass is 232 g/mol. The van der Waals surface area contributed by atoms with Crippen molar-refractivity contribution in [3.05, 3.63) is 35.4 Å². The zero-order valence-electron chi connectivity index (χ0n) is 10.5. The Labute approximate surface area is 103 Å². The van der Waals surface area contributed by atoms with Gasteiger partial charge in [0.15, 0.2) is 0 Å². The maximum absolute atomic E-state index is 11.7. The first kappa shape index (κ1) is 12.1. The lowest BCUT2D eigenvalue weighted by Crippen LogP contribution is -2.33. The van der Waals surface area contributed by atoms with Gasteiger partial charge in [-0.3, -0.25) is 4.79 Å². The average molecular weight is 232 g/mol. The molecule has 2 rings (SSSR count). The Morgan fingerprint density at radius 3 is 2.76 bits per heavy atom. The number of amides is 1. The van der Waals surface area contributed by atoms with Crippen LogP contribution in [0.3, 0.4) is 0 Å². The minimum absolute atomic E-state index is 0.0783. The summed E-state index contributed by atoms with van der Waals surface area (Å²) in [5.74, 6) is 0.702. The number of rotatable bonds is 3. The van der Waals surface area contributed by atoms with Crippen molar-refractivity contribution >= 4 is 5.91 Å². The SMILES string of the molecule is Cc1ccccc1C(N)CN1CC(C)CC1=O. The summed E-state index contributed by atoms with van der Waals surface area (Å²) in [6, 6.07) is 8.03. The zero-order chi connectivity index (χ0) is 12.4. The number of nitrogens with zero attached hydrogens (tertiary/aromatic N) is 1. The van der Waals surface area contributed by atoms with Gasteiger partial charge in [-0.1, -0.05) is 31.2 Å². The molecule has 1 saturated heterocycles. The topological polar surface area (TPSA) is 46.3 Å². The third-order valence-corrected chi connectivity index (χ3v) is 3.41. The van der Waals surface area contributed by atoms with Crippen LogP contribution in [0.5, 0.6) is 0 Å². The summed E-state index contributed by atoms with van der Waals surface area (Å²) in [6.45, 7) is 5.65. The Balaban J connectivity index is 2.05. The molecule has 3 nitrogen and oxygen atoms in total. The van der Waals surface area contributed by atoms with E-state index < -0.39 is 0 Å². The molecule has 1 aliphatic heterocycles. The van der Waals surface area contributed by atoms with Crippen molar-refractivity contribution in [1.29, 1.82) is 0 Å². The van der Waals surface area contributed by atoms with E-state index in [0.717, 1.165) is 12.1 Å². The van der Waals surface area contributed by atoms with E-state index in [2.05, 4.69) is 19.9 Å². The van der Waals surface area contributed by atoms with Gasteiger partial charge < -0.3 is 10.6 Å². The molecule has 1 aromatic rings. The first-order valence-corrected chi connectivity index (χ1v) is 6.17. The van der Waals surface area contributed by atoms with Gasteiger partial charge in [-0.05, 0) is 24.0 Å². The predicted molar refractivity (Wildman–Crippen MR) is 68.5 cm³/mol. The average Bonchev–Trinajstić information content (AvgIpc) is 2.58. The number of benzene rings is 1. The van der Waals surface area contributed by atoms with Crippen LogP contribution in [0, 0.1) is 12.8 Å². The molecule has 3 heteroatoms. The summed E-state index contributed by atoms with van der Waals surface area (Å²) >= 11 is 0. The van der Waals surface area contributed by atoms with Crippen molar-refractivity contribution in [1.82, 2.24) is 4.90 Å². The van der Waals surface area contributed by atoms with E-state index in [1.807, 2.05) is 23.1 Å². The molecule has 17 heavy (non-hydrogen) atoms. The number of carbonyl (C=O) groups excluding carboxylic acids is 1. The lowest BCUT2D eigenvalue weighted by molar-refractivity contribution is -0.127. The predicted octanol–water partition coefficient (Wildman–Crippen LogP) is 1.86. The molecule has 2 unspecified atom stereocenters. The lowest BCUT2D eigenvalue weighted by atomic mass is 10.0. The molecular weight excluding hydrogens is 212 g/mol. The molecule has 0 bridgehead atoms. The fourth-order valence-corrected chi connectivity index (χ4v) is 2.48. The van der Waals surface area contributed by atoms with Crippen molar-refractivity contribution in [3.8, 4) is 0 Å². The number of aryl methyl sites for hydroxylation is 1. The first-order chi connectivity index (χ1) is 8.08. The Morgan fingerprint density at radius 2 is 2.18 bits per heavy atom. The molecule has 0 spiro atoms. The highest BCUT2D eigenvalue weighted by molar-refractivity contribution is 5.78. The first-order valence-electron chi connectivity index (χ1n) is 6.17. The fourth-order valence-electron chi connectivity index (χ4n) is 2.48. The fraction of sp³-hybridized carbons (Fsp3) is 0.500. The molecule has 0 saturated carbocycles. The second-order valence-electron chi connectivity index (χ2n) is 5.07.